The molecule has 0 bridgehead atoms. The van der Waals surface area contributed by atoms with Crippen LogP contribution >= 0.6 is 0 Å². The Morgan fingerprint density at radius 1 is 1.55 bits per heavy atom. The smallest absolute Gasteiger partial charge is 0.313 e. The molecule has 1 N–H and O–H groups in total. The van der Waals surface area contributed by atoms with Gasteiger partial charge in [-0.1, -0.05) is 6.92 Å². The zero-order valence-electron chi connectivity index (χ0n) is 11.0. The molecular formula is C13H16FNO5. The van der Waals surface area contributed by atoms with Crippen molar-refractivity contribution in [2.24, 2.45) is 0 Å². The summed E-state index contributed by atoms with van der Waals surface area (Å²) in [5.74, 6) is -0.713. The number of rotatable bonds is 6. The van der Waals surface area contributed by atoms with Crippen LogP contribution in [0.15, 0.2) is 18.2 Å². The lowest BCUT2D eigenvalue weighted by molar-refractivity contribution is -0.386. The summed E-state index contributed by atoms with van der Waals surface area (Å²) in [4.78, 5) is 10.2. The van der Waals surface area contributed by atoms with E-state index in [1.54, 1.807) is 0 Å². The predicted octanol–water partition coefficient (Wildman–Crippen LogP) is 2.04. The molecular weight excluding hydrogens is 269 g/mol. The first-order valence-electron chi connectivity index (χ1n) is 6.43. The van der Waals surface area contributed by atoms with Crippen LogP contribution in [0.5, 0.6) is 5.75 Å². The van der Waals surface area contributed by atoms with Crippen LogP contribution in [0.25, 0.3) is 0 Å². The largest absolute Gasteiger partial charge is 0.481 e. The highest BCUT2D eigenvalue weighted by Crippen LogP contribution is 2.34. The average Bonchev–Trinajstić information content (AvgIpc) is 2.40. The van der Waals surface area contributed by atoms with E-state index in [0.717, 1.165) is 18.6 Å². The van der Waals surface area contributed by atoms with Gasteiger partial charge in [-0.2, -0.15) is 0 Å². The minimum Gasteiger partial charge on any atom is -0.481 e. The van der Waals surface area contributed by atoms with Crippen molar-refractivity contribution in [3.05, 3.63) is 34.1 Å². The van der Waals surface area contributed by atoms with Crippen LogP contribution in [-0.2, 0) is 4.74 Å². The maximum absolute atomic E-state index is 13.0. The molecule has 7 heteroatoms. The molecule has 6 nitrogen and oxygen atoms in total. The molecule has 0 radical (unpaired) electrons. The minimum atomic E-state index is -0.699. The third kappa shape index (κ3) is 3.05. The van der Waals surface area contributed by atoms with E-state index in [2.05, 4.69) is 0 Å². The van der Waals surface area contributed by atoms with Crippen LogP contribution in [0.4, 0.5) is 10.1 Å². The standard InChI is InChI=1S/C13H16FNO5/c1-2-5-19-13-10(16)7-12(13)20-11-4-3-8(14)6-9(11)15(17)18/h3-4,6,10,12-13,16H,2,5,7H2,1H3. The molecule has 110 valence electrons. The van der Waals surface area contributed by atoms with E-state index in [0.29, 0.717) is 13.0 Å². The normalized spacial score (nSPS) is 25.1. The molecule has 3 unspecified atom stereocenters. The number of nitro benzene ring substituents is 1. The van der Waals surface area contributed by atoms with Crippen LogP contribution < -0.4 is 4.74 Å². The fraction of sp³-hybridized carbons (Fsp3) is 0.538. The first-order valence-corrected chi connectivity index (χ1v) is 6.43. The summed E-state index contributed by atoms with van der Waals surface area (Å²) in [7, 11) is 0. The van der Waals surface area contributed by atoms with Crippen LogP contribution in [-0.4, -0.2) is 34.9 Å². The molecule has 20 heavy (non-hydrogen) atoms. The maximum atomic E-state index is 13.0. The zero-order valence-corrected chi connectivity index (χ0v) is 11.0. The number of halogens is 1. The second kappa shape index (κ2) is 6.15. The van der Waals surface area contributed by atoms with Crippen LogP contribution in [0.3, 0.4) is 0 Å². The van der Waals surface area contributed by atoms with Gasteiger partial charge in [-0.05, 0) is 18.6 Å². The van der Waals surface area contributed by atoms with Crippen molar-refractivity contribution in [3.63, 3.8) is 0 Å². The molecule has 1 aliphatic rings. The summed E-state index contributed by atoms with van der Waals surface area (Å²) in [6.45, 7) is 2.42. The molecule has 1 aliphatic carbocycles. The lowest BCUT2D eigenvalue weighted by atomic mass is 9.88. The van der Waals surface area contributed by atoms with Crippen molar-refractivity contribution >= 4 is 5.69 Å². The number of nitrogens with zero attached hydrogens (tertiary/aromatic N) is 1. The van der Waals surface area contributed by atoms with E-state index in [9.17, 15) is 19.6 Å². The monoisotopic (exact) mass is 285 g/mol. The van der Waals surface area contributed by atoms with Crippen molar-refractivity contribution in [1.82, 2.24) is 0 Å². The van der Waals surface area contributed by atoms with Gasteiger partial charge in [-0.3, -0.25) is 10.1 Å². The van der Waals surface area contributed by atoms with Crippen molar-refractivity contribution in [2.75, 3.05) is 6.61 Å². The summed E-state index contributed by atoms with van der Waals surface area (Å²) in [5.41, 5.74) is -0.430. The third-order valence-corrected chi connectivity index (χ3v) is 3.13. The van der Waals surface area contributed by atoms with Gasteiger partial charge in [0.15, 0.2) is 5.75 Å². The predicted molar refractivity (Wildman–Crippen MR) is 68.1 cm³/mol. The van der Waals surface area contributed by atoms with Gasteiger partial charge in [0.25, 0.3) is 0 Å². The summed E-state index contributed by atoms with van der Waals surface area (Å²) >= 11 is 0. The van der Waals surface area contributed by atoms with Crippen LogP contribution in [0.1, 0.15) is 19.8 Å². The van der Waals surface area contributed by atoms with E-state index < -0.39 is 34.7 Å². The van der Waals surface area contributed by atoms with Gasteiger partial charge in [-0.15, -0.1) is 0 Å². The Morgan fingerprint density at radius 3 is 2.90 bits per heavy atom. The van der Waals surface area contributed by atoms with Crippen LogP contribution in [0, 0.1) is 15.9 Å². The second-order valence-corrected chi connectivity index (χ2v) is 4.66. The highest BCUT2D eigenvalue weighted by molar-refractivity contribution is 5.46. The average molecular weight is 285 g/mol. The topological polar surface area (TPSA) is 81.8 Å². The maximum Gasteiger partial charge on any atom is 0.313 e. The molecule has 0 spiro atoms. The molecule has 0 saturated heterocycles. The molecule has 1 aromatic rings. The van der Waals surface area contributed by atoms with E-state index in [1.807, 2.05) is 6.92 Å². The summed E-state index contributed by atoms with van der Waals surface area (Å²) in [6.07, 6.45) is -0.457. The number of benzene rings is 1. The number of ether oxygens (including phenoxy) is 2. The van der Waals surface area contributed by atoms with E-state index in [1.165, 1.54) is 6.07 Å². The van der Waals surface area contributed by atoms with Gasteiger partial charge in [0.1, 0.15) is 18.0 Å². The Morgan fingerprint density at radius 2 is 2.30 bits per heavy atom. The second-order valence-electron chi connectivity index (χ2n) is 4.66. The Kier molecular flexibility index (Phi) is 4.51. The van der Waals surface area contributed by atoms with Gasteiger partial charge in [0.2, 0.25) is 0 Å². The molecule has 1 aromatic carbocycles. The lowest BCUT2D eigenvalue weighted by Crippen LogP contribution is -2.55. The SMILES string of the molecule is CCCOC1C(O)CC1Oc1ccc(F)cc1[N+](=O)[O-]. The van der Waals surface area contributed by atoms with E-state index in [-0.39, 0.29) is 5.75 Å². The van der Waals surface area contributed by atoms with Crippen molar-refractivity contribution in [3.8, 4) is 5.75 Å². The fourth-order valence-electron chi connectivity index (χ4n) is 2.04. The quantitative estimate of drug-likeness (QED) is 0.639. The molecule has 0 amide bonds. The number of hydrogen-bond acceptors (Lipinski definition) is 5. The highest BCUT2D eigenvalue weighted by Gasteiger charge is 2.43. The van der Waals surface area contributed by atoms with Crippen LogP contribution in [0.2, 0.25) is 0 Å². The number of aliphatic hydroxyl groups is 1. The molecule has 0 heterocycles. The molecule has 0 aliphatic heterocycles. The van der Waals surface area contributed by atoms with Gasteiger partial charge in [0.05, 0.1) is 17.1 Å². The van der Waals surface area contributed by atoms with Crippen molar-refractivity contribution < 1.29 is 23.9 Å². The summed E-state index contributed by atoms with van der Waals surface area (Å²) in [6, 6.07) is 3.13. The number of hydrogen-bond donors (Lipinski definition) is 1. The number of nitro groups is 1. The van der Waals surface area contributed by atoms with Gasteiger partial charge in [0, 0.05) is 13.0 Å². The van der Waals surface area contributed by atoms with Crippen molar-refractivity contribution in [1.29, 1.82) is 0 Å². The van der Waals surface area contributed by atoms with Crippen molar-refractivity contribution in [2.45, 2.75) is 38.1 Å². The Hall–Kier alpha value is -1.73. The van der Waals surface area contributed by atoms with Gasteiger partial charge in [-0.25, -0.2) is 4.39 Å². The molecule has 2 rings (SSSR count). The molecule has 1 saturated carbocycles. The Balaban J connectivity index is 2.08. The minimum absolute atomic E-state index is 0.0154. The Bertz CT molecular complexity index is 496. The molecule has 1 fully saturated rings. The van der Waals surface area contributed by atoms with Gasteiger partial charge < -0.3 is 14.6 Å². The first kappa shape index (κ1) is 14.7. The molecule has 0 aromatic heterocycles. The van der Waals surface area contributed by atoms with Gasteiger partial charge >= 0.3 is 5.69 Å². The highest BCUT2D eigenvalue weighted by atomic mass is 19.1. The van der Waals surface area contributed by atoms with E-state index in [4.69, 9.17) is 9.47 Å². The third-order valence-electron chi connectivity index (χ3n) is 3.13. The summed E-state index contributed by atoms with van der Waals surface area (Å²) < 4.78 is 23.9. The van der Waals surface area contributed by atoms with E-state index >= 15 is 0 Å². The lowest BCUT2D eigenvalue weighted by Gasteiger charge is -2.40. The first-order chi connectivity index (χ1) is 9.52. The Labute approximate surface area is 115 Å². The fourth-order valence-corrected chi connectivity index (χ4v) is 2.04. The number of aliphatic hydroxyl groups excluding tert-OH is 1. The molecule has 3 atom stereocenters. The summed E-state index contributed by atoms with van der Waals surface area (Å²) in [5, 5.41) is 20.5. The zero-order chi connectivity index (χ0) is 14.7.